The lowest BCUT2D eigenvalue weighted by atomic mass is 9.99. The predicted octanol–water partition coefficient (Wildman–Crippen LogP) is 3.85. The Labute approximate surface area is 211 Å². The Bertz CT molecular complexity index is 1280. The van der Waals surface area contributed by atoms with Gasteiger partial charge in [0.25, 0.3) is 0 Å². The van der Waals surface area contributed by atoms with Crippen LogP contribution in [0.1, 0.15) is 49.9 Å². The van der Waals surface area contributed by atoms with Crippen molar-refractivity contribution in [2.24, 2.45) is 0 Å². The molecule has 5 rings (SSSR count). The number of amides is 1. The zero-order valence-electron chi connectivity index (χ0n) is 21.4. The zero-order valence-corrected chi connectivity index (χ0v) is 21.4. The first-order valence-corrected chi connectivity index (χ1v) is 12.7. The molecule has 0 atom stereocenters. The average Bonchev–Trinajstić information content (AvgIpc) is 3.25. The summed E-state index contributed by atoms with van der Waals surface area (Å²) in [5.74, 6) is 1.64. The Morgan fingerprint density at radius 2 is 1.94 bits per heavy atom. The minimum absolute atomic E-state index is 0.120. The van der Waals surface area contributed by atoms with Crippen molar-refractivity contribution >= 4 is 29.1 Å². The summed E-state index contributed by atoms with van der Waals surface area (Å²) in [6.07, 6.45) is 8.08. The molecule has 1 N–H and O–H groups in total. The molecule has 2 aliphatic heterocycles. The summed E-state index contributed by atoms with van der Waals surface area (Å²) >= 11 is 0. The first kappa shape index (κ1) is 24.0. The maximum absolute atomic E-state index is 12.3. The number of piperidine rings is 1. The first-order valence-electron chi connectivity index (χ1n) is 12.7. The zero-order chi connectivity index (χ0) is 25.2. The molecule has 3 aromatic rings. The molecule has 1 fully saturated rings. The van der Waals surface area contributed by atoms with E-state index in [1.807, 2.05) is 37.5 Å². The molecule has 10 nitrogen and oxygen atoms in total. The predicted molar refractivity (Wildman–Crippen MR) is 139 cm³/mol. The van der Waals surface area contributed by atoms with Crippen molar-refractivity contribution in [3.05, 3.63) is 47.6 Å². The molecule has 0 bridgehead atoms. The third kappa shape index (κ3) is 5.27. The van der Waals surface area contributed by atoms with Gasteiger partial charge < -0.3 is 19.9 Å². The summed E-state index contributed by atoms with van der Waals surface area (Å²) < 4.78 is 7.21. The number of carbonyl (C=O) groups excluding carboxylic acids is 1. The number of fused-ring (bicyclic) bond motifs is 1. The summed E-state index contributed by atoms with van der Waals surface area (Å²) in [7, 11) is 0. The fraction of sp³-hybridized carbons (Fsp3) is 0.500. The van der Waals surface area contributed by atoms with Crippen LogP contribution in [0.5, 0.6) is 0 Å². The summed E-state index contributed by atoms with van der Waals surface area (Å²) in [5, 5.41) is 8.29. The summed E-state index contributed by atoms with van der Waals surface area (Å²) in [4.78, 5) is 29.8. The Morgan fingerprint density at radius 3 is 2.64 bits per heavy atom. The van der Waals surface area contributed by atoms with Crippen molar-refractivity contribution in [3.8, 4) is 0 Å². The van der Waals surface area contributed by atoms with E-state index < -0.39 is 0 Å². The van der Waals surface area contributed by atoms with Gasteiger partial charge in [0.1, 0.15) is 12.1 Å². The van der Waals surface area contributed by atoms with Gasteiger partial charge in [-0.05, 0) is 64.2 Å². The molecule has 0 spiro atoms. The fourth-order valence-electron chi connectivity index (χ4n) is 4.82. The standard InChI is InChI=1S/C26H34N8O2/c1-17(2)36-26(35)33-9-5-20(6-10-33)22-13-18(3)15-34-24(22)30-25(31-34)29-21-7-11-32(12-8-21)23-14-19(4)27-16-28-23/h5,13-17,21H,6-12H2,1-4H3,(H,29,31). The Balaban J connectivity index is 1.27. The first-order chi connectivity index (χ1) is 17.4. The maximum Gasteiger partial charge on any atom is 0.410 e. The van der Waals surface area contributed by atoms with Crippen LogP contribution < -0.4 is 10.2 Å². The monoisotopic (exact) mass is 490 g/mol. The molecule has 1 saturated heterocycles. The Kier molecular flexibility index (Phi) is 6.75. The molecule has 1 amide bonds. The highest BCUT2D eigenvalue weighted by Crippen LogP contribution is 2.28. The average molecular weight is 491 g/mol. The van der Waals surface area contributed by atoms with Crippen LogP contribution in [0.3, 0.4) is 0 Å². The second-order valence-electron chi connectivity index (χ2n) is 9.92. The van der Waals surface area contributed by atoms with Crippen molar-refractivity contribution in [2.45, 2.75) is 59.1 Å². The van der Waals surface area contributed by atoms with Crippen LogP contribution in [0.2, 0.25) is 0 Å². The second kappa shape index (κ2) is 10.1. The number of nitrogens with one attached hydrogen (secondary N) is 1. The van der Waals surface area contributed by atoms with Crippen LogP contribution >= 0.6 is 0 Å². The lowest BCUT2D eigenvalue weighted by Gasteiger charge is -2.32. The van der Waals surface area contributed by atoms with Gasteiger partial charge >= 0.3 is 6.09 Å². The number of hydrogen-bond donors (Lipinski definition) is 1. The number of aromatic nitrogens is 5. The third-order valence-corrected chi connectivity index (χ3v) is 6.66. The van der Waals surface area contributed by atoms with Gasteiger partial charge in [0, 0.05) is 55.7 Å². The minimum Gasteiger partial charge on any atom is -0.447 e. The summed E-state index contributed by atoms with van der Waals surface area (Å²) in [6.45, 7) is 10.8. The molecule has 0 aliphatic carbocycles. The third-order valence-electron chi connectivity index (χ3n) is 6.66. The van der Waals surface area contributed by atoms with E-state index in [1.54, 1.807) is 11.2 Å². The van der Waals surface area contributed by atoms with E-state index in [0.717, 1.165) is 60.6 Å². The van der Waals surface area contributed by atoms with Crippen molar-refractivity contribution in [1.82, 2.24) is 29.5 Å². The largest absolute Gasteiger partial charge is 0.447 e. The number of anilines is 2. The molecular weight excluding hydrogens is 456 g/mol. The lowest BCUT2D eigenvalue weighted by molar-refractivity contribution is 0.0799. The number of hydrogen-bond acceptors (Lipinski definition) is 8. The van der Waals surface area contributed by atoms with E-state index in [0.29, 0.717) is 25.1 Å². The van der Waals surface area contributed by atoms with E-state index in [2.05, 4.69) is 39.3 Å². The number of carbonyl (C=O) groups is 1. The van der Waals surface area contributed by atoms with Gasteiger partial charge in [0.15, 0.2) is 5.65 Å². The lowest BCUT2D eigenvalue weighted by Crippen LogP contribution is -2.39. The number of rotatable bonds is 5. The molecule has 2 aliphatic rings. The molecule has 0 radical (unpaired) electrons. The van der Waals surface area contributed by atoms with Crippen molar-refractivity contribution in [3.63, 3.8) is 0 Å². The highest BCUT2D eigenvalue weighted by atomic mass is 16.6. The quantitative estimate of drug-likeness (QED) is 0.576. The van der Waals surface area contributed by atoms with Crippen LogP contribution in [-0.4, -0.2) is 73.9 Å². The molecular formula is C26H34N8O2. The Morgan fingerprint density at radius 1 is 1.14 bits per heavy atom. The summed E-state index contributed by atoms with van der Waals surface area (Å²) in [5.41, 5.74) is 5.19. The van der Waals surface area contributed by atoms with Gasteiger partial charge in [-0.3, -0.25) is 0 Å². The molecule has 36 heavy (non-hydrogen) atoms. The summed E-state index contributed by atoms with van der Waals surface area (Å²) in [6, 6.07) is 4.50. The van der Waals surface area contributed by atoms with Gasteiger partial charge in [0.2, 0.25) is 5.95 Å². The minimum atomic E-state index is -0.260. The van der Waals surface area contributed by atoms with E-state index in [4.69, 9.17) is 14.8 Å². The maximum atomic E-state index is 12.3. The number of ether oxygens (including phenoxy) is 1. The van der Waals surface area contributed by atoms with Crippen LogP contribution in [0.25, 0.3) is 11.2 Å². The SMILES string of the molecule is Cc1cc(C2=CCN(C(=O)OC(C)C)CC2)c2nc(NC3CCN(c4cc(C)ncn4)CC3)nn2c1. The molecule has 0 aromatic carbocycles. The van der Waals surface area contributed by atoms with E-state index in [9.17, 15) is 4.79 Å². The van der Waals surface area contributed by atoms with Crippen molar-refractivity contribution < 1.29 is 9.53 Å². The van der Waals surface area contributed by atoms with Gasteiger partial charge in [-0.25, -0.2) is 19.3 Å². The number of aryl methyl sites for hydroxylation is 2. The van der Waals surface area contributed by atoms with E-state index >= 15 is 0 Å². The topological polar surface area (TPSA) is 101 Å². The number of nitrogens with zero attached hydrogens (tertiary/aromatic N) is 7. The van der Waals surface area contributed by atoms with E-state index in [-0.39, 0.29) is 12.2 Å². The molecule has 10 heteroatoms. The molecule has 190 valence electrons. The smallest absolute Gasteiger partial charge is 0.410 e. The van der Waals surface area contributed by atoms with E-state index in [1.165, 1.54) is 5.57 Å². The van der Waals surface area contributed by atoms with Crippen LogP contribution in [0.15, 0.2) is 30.7 Å². The molecule has 5 heterocycles. The van der Waals surface area contributed by atoms with Crippen LogP contribution in [0.4, 0.5) is 16.6 Å². The molecule has 0 unspecified atom stereocenters. The molecule has 0 saturated carbocycles. The van der Waals surface area contributed by atoms with Crippen molar-refractivity contribution in [1.29, 1.82) is 0 Å². The van der Waals surface area contributed by atoms with Gasteiger partial charge in [-0.2, -0.15) is 4.98 Å². The highest BCUT2D eigenvalue weighted by molar-refractivity contribution is 5.79. The van der Waals surface area contributed by atoms with Crippen LogP contribution in [-0.2, 0) is 4.74 Å². The normalized spacial score (nSPS) is 17.0. The molecule has 3 aromatic heterocycles. The highest BCUT2D eigenvalue weighted by Gasteiger charge is 2.24. The number of pyridine rings is 1. The van der Waals surface area contributed by atoms with Gasteiger partial charge in [0.05, 0.1) is 6.10 Å². The Hall–Kier alpha value is -3.69. The fourth-order valence-corrected chi connectivity index (χ4v) is 4.82. The van der Waals surface area contributed by atoms with Crippen molar-refractivity contribution in [2.75, 3.05) is 36.4 Å². The van der Waals surface area contributed by atoms with Crippen LogP contribution in [0, 0.1) is 13.8 Å². The van der Waals surface area contributed by atoms with Gasteiger partial charge in [-0.15, -0.1) is 5.10 Å². The second-order valence-corrected chi connectivity index (χ2v) is 9.92. The van der Waals surface area contributed by atoms with Gasteiger partial charge in [-0.1, -0.05) is 6.08 Å².